The average Bonchev–Trinajstić information content (AvgIpc) is 2.37. The Labute approximate surface area is 117 Å². The predicted octanol–water partition coefficient (Wildman–Crippen LogP) is 4.19. The van der Waals surface area contributed by atoms with Crippen molar-refractivity contribution in [2.75, 3.05) is 0 Å². The molecule has 1 unspecified atom stereocenters. The van der Waals surface area contributed by atoms with Crippen LogP contribution in [0.2, 0.25) is 0 Å². The van der Waals surface area contributed by atoms with Crippen LogP contribution in [0.5, 0.6) is 0 Å². The molecule has 1 nitrogen and oxygen atoms in total. The Morgan fingerprint density at radius 2 is 1.84 bits per heavy atom. The number of hydrogen-bond donors (Lipinski definition) is 0. The van der Waals surface area contributed by atoms with E-state index in [1.165, 1.54) is 22.3 Å². The maximum atomic E-state index is 12.9. The largest absolute Gasteiger partial charge is 0.606 e. The highest BCUT2D eigenvalue weighted by molar-refractivity contribution is 7.91. The van der Waals surface area contributed by atoms with Crippen LogP contribution in [0.4, 0.5) is 0 Å². The fraction of sp³-hybridized carbons (Fsp3) is 0.294. The van der Waals surface area contributed by atoms with Crippen molar-refractivity contribution < 1.29 is 4.55 Å². The first kappa shape index (κ1) is 12.8. The van der Waals surface area contributed by atoms with E-state index in [1.54, 1.807) is 0 Å². The Morgan fingerprint density at radius 3 is 2.58 bits per heavy atom. The van der Waals surface area contributed by atoms with E-state index in [2.05, 4.69) is 39.0 Å². The van der Waals surface area contributed by atoms with Crippen LogP contribution in [0.1, 0.15) is 42.0 Å². The Bertz CT molecular complexity index is 631. The van der Waals surface area contributed by atoms with Crippen molar-refractivity contribution >= 4 is 11.2 Å². The number of fused-ring (bicyclic) bond motifs is 2. The molecule has 2 heteroatoms. The summed E-state index contributed by atoms with van der Waals surface area (Å²) in [6.45, 7) is 6.47. The summed E-state index contributed by atoms with van der Waals surface area (Å²) in [6, 6.07) is 12.5. The molecule has 1 atom stereocenters. The predicted molar refractivity (Wildman–Crippen MR) is 79.2 cm³/mol. The van der Waals surface area contributed by atoms with Gasteiger partial charge in [-0.1, -0.05) is 49.7 Å². The van der Waals surface area contributed by atoms with Gasteiger partial charge in [0.25, 0.3) is 0 Å². The van der Waals surface area contributed by atoms with Gasteiger partial charge in [-0.15, -0.1) is 0 Å². The molecule has 1 aliphatic heterocycles. The van der Waals surface area contributed by atoms with Crippen molar-refractivity contribution in [3.05, 3.63) is 58.7 Å². The van der Waals surface area contributed by atoms with Crippen LogP contribution < -0.4 is 0 Å². The van der Waals surface area contributed by atoms with Crippen LogP contribution in [0.3, 0.4) is 0 Å². The highest BCUT2D eigenvalue weighted by atomic mass is 32.2. The normalized spacial score (nSPS) is 17.2. The zero-order valence-corrected chi connectivity index (χ0v) is 12.4. The first-order valence-corrected chi connectivity index (χ1v) is 7.86. The van der Waals surface area contributed by atoms with E-state index in [9.17, 15) is 4.55 Å². The summed E-state index contributed by atoms with van der Waals surface area (Å²) in [5.74, 6) is 0.405. The molecule has 0 saturated carbocycles. The molecule has 1 aliphatic rings. The van der Waals surface area contributed by atoms with Gasteiger partial charge in [-0.3, -0.25) is 0 Å². The summed E-state index contributed by atoms with van der Waals surface area (Å²) < 4.78 is 12.9. The molecule has 2 aromatic rings. The van der Waals surface area contributed by atoms with Gasteiger partial charge in [0.05, 0.1) is 0 Å². The molecule has 3 rings (SSSR count). The Hall–Kier alpha value is -1.25. The van der Waals surface area contributed by atoms with Crippen molar-refractivity contribution in [1.29, 1.82) is 0 Å². The average molecular weight is 270 g/mol. The third-order valence-electron chi connectivity index (χ3n) is 3.70. The summed E-state index contributed by atoms with van der Waals surface area (Å²) in [5.41, 5.74) is 4.94. The number of aryl methyl sites for hydroxylation is 1. The van der Waals surface area contributed by atoms with E-state index in [0.717, 1.165) is 16.2 Å². The molecule has 0 saturated heterocycles. The SMILES string of the molecule is Cc1cc2c(c(C(C)C)c1)[S+]([O-])c1ccccc1C2. The first-order chi connectivity index (χ1) is 9.08. The highest BCUT2D eigenvalue weighted by Gasteiger charge is 2.31. The van der Waals surface area contributed by atoms with Gasteiger partial charge in [0.2, 0.25) is 0 Å². The molecule has 0 amide bonds. The van der Waals surface area contributed by atoms with E-state index in [1.807, 2.05) is 18.2 Å². The molecule has 0 fully saturated rings. The highest BCUT2D eigenvalue weighted by Crippen LogP contribution is 2.39. The maximum Gasteiger partial charge on any atom is 0.165 e. The van der Waals surface area contributed by atoms with Gasteiger partial charge in [0.15, 0.2) is 9.79 Å². The molecule has 19 heavy (non-hydrogen) atoms. The van der Waals surface area contributed by atoms with Gasteiger partial charge >= 0.3 is 0 Å². The first-order valence-electron chi connectivity index (χ1n) is 6.71. The van der Waals surface area contributed by atoms with E-state index in [0.29, 0.717) is 5.92 Å². The standard InChI is InChI=1S/C17H18OS/c1-11(2)15-9-12(3)8-14-10-13-6-4-5-7-16(13)19(18)17(14)15/h4-9,11H,10H2,1-3H3. The molecular formula is C17H18OS. The van der Waals surface area contributed by atoms with E-state index < -0.39 is 11.2 Å². The smallest absolute Gasteiger partial charge is 0.165 e. The number of hydrogen-bond acceptors (Lipinski definition) is 1. The second kappa shape index (κ2) is 4.69. The Balaban J connectivity index is 2.23. The van der Waals surface area contributed by atoms with Crippen LogP contribution in [-0.2, 0) is 17.6 Å². The molecule has 0 bridgehead atoms. The van der Waals surface area contributed by atoms with Crippen LogP contribution in [0.15, 0.2) is 46.2 Å². The van der Waals surface area contributed by atoms with Gasteiger partial charge in [-0.2, -0.15) is 0 Å². The van der Waals surface area contributed by atoms with Crippen molar-refractivity contribution in [1.82, 2.24) is 0 Å². The van der Waals surface area contributed by atoms with Crippen LogP contribution >= 0.6 is 0 Å². The summed E-state index contributed by atoms with van der Waals surface area (Å²) >= 11 is -1.03. The molecule has 2 aromatic carbocycles. The van der Waals surface area contributed by atoms with Crippen LogP contribution in [0, 0.1) is 6.92 Å². The van der Waals surface area contributed by atoms with E-state index in [-0.39, 0.29) is 0 Å². The second-order valence-electron chi connectivity index (χ2n) is 5.55. The Kier molecular flexibility index (Phi) is 3.15. The molecule has 1 heterocycles. The third-order valence-corrected chi connectivity index (χ3v) is 5.37. The van der Waals surface area contributed by atoms with Gasteiger partial charge < -0.3 is 4.55 Å². The van der Waals surface area contributed by atoms with Gasteiger partial charge in [-0.05, 0) is 18.9 Å². The zero-order valence-electron chi connectivity index (χ0n) is 11.6. The lowest BCUT2D eigenvalue weighted by Gasteiger charge is -2.25. The Morgan fingerprint density at radius 1 is 1.11 bits per heavy atom. The zero-order chi connectivity index (χ0) is 13.6. The molecule has 0 spiro atoms. The summed E-state index contributed by atoms with van der Waals surface area (Å²) in [4.78, 5) is 2.04. The van der Waals surface area contributed by atoms with Crippen molar-refractivity contribution in [2.45, 2.75) is 42.9 Å². The van der Waals surface area contributed by atoms with Gasteiger partial charge in [-0.25, -0.2) is 0 Å². The maximum absolute atomic E-state index is 12.9. The number of rotatable bonds is 1. The van der Waals surface area contributed by atoms with Crippen LogP contribution in [0.25, 0.3) is 0 Å². The molecule has 98 valence electrons. The molecule has 0 aromatic heterocycles. The monoisotopic (exact) mass is 270 g/mol. The van der Waals surface area contributed by atoms with E-state index >= 15 is 0 Å². The molecule has 0 N–H and O–H groups in total. The minimum absolute atomic E-state index is 0.405. The lowest BCUT2D eigenvalue weighted by atomic mass is 9.94. The van der Waals surface area contributed by atoms with E-state index in [4.69, 9.17) is 0 Å². The molecular weight excluding hydrogens is 252 g/mol. The second-order valence-corrected chi connectivity index (χ2v) is 6.94. The lowest BCUT2D eigenvalue weighted by molar-refractivity contribution is 0.587. The van der Waals surface area contributed by atoms with Crippen molar-refractivity contribution in [2.24, 2.45) is 0 Å². The van der Waals surface area contributed by atoms with Gasteiger partial charge in [0.1, 0.15) is 0 Å². The summed E-state index contributed by atoms with van der Waals surface area (Å²) in [5, 5.41) is 0. The number of benzene rings is 2. The van der Waals surface area contributed by atoms with Gasteiger partial charge in [0, 0.05) is 34.3 Å². The van der Waals surface area contributed by atoms with Crippen molar-refractivity contribution in [3.8, 4) is 0 Å². The summed E-state index contributed by atoms with van der Waals surface area (Å²) in [7, 11) is 0. The van der Waals surface area contributed by atoms with Crippen molar-refractivity contribution in [3.63, 3.8) is 0 Å². The fourth-order valence-corrected chi connectivity index (χ4v) is 4.49. The topological polar surface area (TPSA) is 23.1 Å². The summed E-state index contributed by atoms with van der Waals surface area (Å²) in [6.07, 6.45) is 0.901. The van der Waals surface area contributed by atoms with Crippen LogP contribution in [-0.4, -0.2) is 4.55 Å². The third kappa shape index (κ3) is 2.09. The minimum Gasteiger partial charge on any atom is -0.606 e. The minimum atomic E-state index is -1.03. The fourth-order valence-electron chi connectivity index (χ4n) is 2.81. The lowest BCUT2D eigenvalue weighted by Crippen LogP contribution is -2.17. The molecule has 0 aliphatic carbocycles. The quantitative estimate of drug-likeness (QED) is 0.713. The molecule has 0 radical (unpaired) electrons.